The lowest BCUT2D eigenvalue weighted by molar-refractivity contribution is 0.0240. The molecule has 2 aromatic heterocycles. The molecule has 0 radical (unpaired) electrons. The number of piperazine rings is 1. The third-order valence-corrected chi connectivity index (χ3v) is 4.72. The molecular weight excluding hydrogens is 363 g/mol. The molecule has 1 aromatic carbocycles. The van der Waals surface area contributed by atoms with E-state index < -0.39 is 5.60 Å². The predicted molar refractivity (Wildman–Crippen MR) is 103 cm³/mol. The van der Waals surface area contributed by atoms with Crippen LogP contribution in [-0.2, 0) is 4.74 Å². The van der Waals surface area contributed by atoms with E-state index in [4.69, 9.17) is 4.74 Å². The molecule has 4 rings (SSSR count). The van der Waals surface area contributed by atoms with Gasteiger partial charge in [-0.05, 0) is 39.3 Å². The number of hydrogen-bond acceptors (Lipinski definition) is 6. The van der Waals surface area contributed by atoms with Crippen LogP contribution in [0.5, 0.6) is 0 Å². The lowest BCUT2D eigenvalue weighted by atomic mass is 10.2. The summed E-state index contributed by atoms with van der Waals surface area (Å²) in [4.78, 5) is 20.7. The van der Waals surface area contributed by atoms with Gasteiger partial charge in [-0.2, -0.15) is 0 Å². The van der Waals surface area contributed by atoms with Crippen LogP contribution in [0.1, 0.15) is 26.3 Å². The Kier molecular flexibility index (Phi) is 4.32. The monoisotopic (exact) mass is 386 g/mol. The van der Waals surface area contributed by atoms with Crippen molar-refractivity contribution in [3.05, 3.63) is 29.8 Å². The van der Waals surface area contributed by atoms with E-state index in [9.17, 15) is 9.18 Å². The molecule has 1 fully saturated rings. The van der Waals surface area contributed by atoms with E-state index in [1.165, 1.54) is 6.07 Å². The highest BCUT2D eigenvalue weighted by Crippen LogP contribution is 2.26. The van der Waals surface area contributed by atoms with E-state index in [1.807, 2.05) is 30.1 Å². The van der Waals surface area contributed by atoms with Gasteiger partial charge < -0.3 is 14.5 Å². The fourth-order valence-corrected chi connectivity index (χ4v) is 3.31. The molecule has 9 heteroatoms. The molecule has 1 saturated heterocycles. The Morgan fingerprint density at radius 2 is 1.89 bits per heavy atom. The Hall–Kier alpha value is -2.97. The first-order chi connectivity index (χ1) is 13.2. The number of hydrogen-bond donors (Lipinski definition) is 0. The topological polar surface area (TPSA) is 75.9 Å². The number of halogens is 1. The van der Waals surface area contributed by atoms with Gasteiger partial charge in [-0.1, -0.05) is 0 Å². The Bertz CT molecular complexity index is 1050. The maximum absolute atomic E-state index is 14.1. The molecule has 1 aliphatic heterocycles. The van der Waals surface area contributed by atoms with Gasteiger partial charge in [0.1, 0.15) is 17.7 Å². The maximum atomic E-state index is 14.1. The fraction of sp³-hybridized carbons (Fsp3) is 0.474. The number of nitrogens with zero attached hydrogens (tertiary/aromatic N) is 6. The molecule has 1 aliphatic rings. The summed E-state index contributed by atoms with van der Waals surface area (Å²) in [5, 5.41) is 8.22. The van der Waals surface area contributed by atoms with Crippen molar-refractivity contribution >= 4 is 28.6 Å². The highest BCUT2D eigenvalue weighted by molar-refractivity contribution is 5.83. The van der Waals surface area contributed by atoms with Gasteiger partial charge >= 0.3 is 6.09 Å². The third kappa shape index (κ3) is 3.32. The standard InChI is InChI=1S/C19H23FN6O2/c1-12-9-15-14(10-13(12)20)22-16(17-23-21-11-26(15)17)24-5-7-25(8-6-24)18(27)28-19(2,3)4/h9-11H,5-8H2,1-4H3. The number of ether oxygens (including phenoxy) is 1. The number of fused-ring (bicyclic) bond motifs is 3. The minimum atomic E-state index is -0.524. The number of anilines is 1. The van der Waals surface area contributed by atoms with Crippen molar-refractivity contribution in [3.63, 3.8) is 0 Å². The van der Waals surface area contributed by atoms with Crippen molar-refractivity contribution in [2.45, 2.75) is 33.3 Å². The molecule has 1 amide bonds. The smallest absolute Gasteiger partial charge is 0.410 e. The zero-order chi connectivity index (χ0) is 20.1. The Morgan fingerprint density at radius 3 is 2.57 bits per heavy atom. The highest BCUT2D eigenvalue weighted by atomic mass is 19.1. The summed E-state index contributed by atoms with van der Waals surface area (Å²) < 4.78 is 21.3. The normalized spacial score (nSPS) is 15.5. The quantitative estimate of drug-likeness (QED) is 0.640. The first-order valence-corrected chi connectivity index (χ1v) is 9.25. The first-order valence-electron chi connectivity index (χ1n) is 9.25. The second kappa shape index (κ2) is 6.57. The molecule has 3 heterocycles. The number of carbonyl (C=O) groups is 1. The molecule has 0 bridgehead atoms. The van der Waals surface area contributed by atoms with Gasteiger partial charge in [-0.3, -0.25) is 4.40 Å². The fourth-order valence-electron chi connectivity index (χ4n) is 3.31. The van der Waals surface area contributed by atoms with Crippen LogP contribution >= 0.6 is 0 Å². The maximum Gasteiger partial charge on any atom is 0.410 e. The summed E-state index contributed by atoms with van der Waals surface area (Å²) in [6.07, 6.45) is 1.29. The van der Waals surface area contributed by atoms with Crippen LogP contribution < -0.4 is 4.90 Å². The molecule has 148 valence electrons. The van der Waals surface area contributed by atoms with Gasteiger partial charge in [-0.15, -0.1) is 10.2 Å². The molecule has 8 nitrogen and oxygen atoms in total. The molecule has 28 heavy (non-hydrogen) atoms. The SMILES string of the molecule is Cc1cc2c(cc1F)nc(N1CCN(C(=O)OC(C)(C)C)CC1)c1nncn12. The third-order valence-electron chi connectivity index (χ3n) is 4.72. The molecule has 0 saturated carbocycles. The van der Waals surface area contributed by atoms with Crippen LogP contribution in [0.15, 0.2) is 18.5 Å². The predicted octanol–water partition coefficient (Wildman–Crippen LogP) is 2.78. The Labute approximate surface area is 161 Å². The molecule has 0 unspecified atom stereocenters. The molecule has 0 spiro atoms. The minimum Gasteiger partial charge on any atom is -0.444 e. The summed E-state index contributed by atoms with van der Waals surface area (Å²) >= 11 is 0. The lowest BCUT2D eigenvalue weighted by Crippen LogP contribution is -2.50. The average Bonchev–Trinajstić information content (AvgIpc) is 3.11. The van der Waals surface area contributed by atoms with Crippen molar-refractivity contribution in [1.29, 1.82) is 0 Å². The van der Waals surface area contributed by atoms with Crippen LogP contribution in [0.4, 0.5) is 15.0 Å². The number of benzene rings is 1. The zero-order valence-corrected chi connectivity index (χ0v) is 16.4. The summed E-state index contributed by atoms with van der Waals surface area (Å²) in [7, 11) is 0. The van der Waals surface area contributed by atoms with Crippen molar-refractivity contribution in [2.24, 2.45) is 0 Å². The van der Waals surface area contributed by atoms with Gasteiger partial charge in [0.25, 0.3) is 0 Å². The minimum absolute atomic E-state index is 0.298. The van der Waals surface area contributed by atoms with E-state index in [0.29, 0.717) is 48.7 Å². The van der Waals surface area contributed by atoms with Gasteiger partial charge in [-0.25, -0.2) is 14.2 Å². The van der Waals surface area contributed by atoms with E-state index in [-0.39, 0.29) is 11.9 Å². The van der Waals surface area contributed by atoms with E-state index >= 15 is 0 Å². The second-order valence-corrected chi connectivity index (χ2v) is 8.00. The van der Waals surface area contributed by atoms with Gasteiger partial charge in [0, 0.05) is 32.2 Å². The summed E-state index contributed by atoms with van der Waals surface area (Å²) in [6.45, 7) is 9.45. The van der Waals surface area contributed by atoms with Crippen LogP contribution in [0.3, 0.4) is 0 Å². The Balaban J connectivity index is 1.62. The lowest BCUT2D eigenvalue weighted by Gasteiger charge is -2.36. The number of carbonyl (C=O) groups excluding carboxylic acids is 1. The molecule has 0 N–H and O–H groups in total. The largest absolute Gasteiger partial charge is 0.444 e. The van der Waals surface area contributed by atoms with Gasteiger partial charge in [0.05, 0.1) is 11.0 Å². The highest BCUT2D eigenvalue weighted by Gasteiger charge is 2.28. The molecule has 3 aromatic rings. The van der Waals surface area contributed by atoms with Crippen molar-refractivity contribution in [2.75, 3.05) is 31.1 Å². The second-order valence-electron chi connectivity index (χ2n) is 8.00. The van der Waals surface area contributed by atoms with Crippen molar-refractivity contribution in [3.8, 4) is 0 Å². The van der Waals surface area contributed by atoms with Crippen LogP contribution in [0, 0.1) is 12.7 Å². The van der Waals surface area contributed by atoms with E-state index in [2.05, 4.69) is 15.2 Å². The van der Waals surface area contributed by atoms with E-state index in [1.54, 1.807) is 24.2 Å². The summed E-state index contributed by atoms with van der Waals surface area (Å²) in [5.41, 5.74) is 1.94. The van der Waals surface area contributed by atoms with Crippen LogP contribution in [0.2, 0.25) is 0 Å². The first kappa shape index (κ1) is 18.4. The average molecular weight is 386 g/mol. The number of amides is 1. The summed E-state index contributed by atoms with van der Waals surface area (Å²) in [6, 6.07) is 3.18. The molecule has 0 aliphatic carbocycles. The molecular formula is C19H23FN6O2. The number of rotatable bonds is 1. The van der Waals surface area contributed by atoms with Crippen LogP contribution in [0.25, 0.3) is 16.7 Å². The van der Waals surface area contributed by atoms with Crippen molar-refractivity contribution in [1.82, 2.24) is 24.5 Å². The van der Waals surface area contributed by atoms with Gasteiger partial charge in [0.15, 0.2) is 5.82 Å². The Morgan fingerprint density at radius 1 is 1.18 bits per heavy atom. The van der Waals surface area contributed by atoms with Crippen LogP contribution in [-0.4, -0.2) is 62.4 Å². The van der Waals surface area contributed by atoms with Gasteiger partial charge in [0.2, 0.25) is 5.65 Å². The number of aromatic nitrogens is 4. The number of aryl methyl sites for hydroxylation is 1. The van der Waals surface area contributed by atoms with Crippen molar-refractivity contribution < 1.29 is 13.9 Å². The summed E-state index contributed by atoms with van der Waals surface area (Å²) in [5.74, 6) is 0.338. The molecule has 0 atom stereocenters. The van der Waals surface area contributed by atoms with E-state index in [0.717, 1.165) is 5.52 Å². The zero-order valence-electron chi connectivity index (χ0n) is 16.4.